The van der Waals surface area contributed by atoms with Crippen molar-refractivity contribution in [3.05, 3.63) is 264 Å². The Morgan fingerprint density at radius 2 is 0.568 bits per heavy atom. The second-order valence-corrected chi connectivity index (χ2v) is 28.1. The molecular formula is C84H68N2O2. The summed E-state index contributed by atoms with van der Waals surface area (Å²) in [6.45, 7) is 23.3. The van der Waals surface area contributed by atoms with Crippen molar-refractivity contribution in [2.75, 3.05) is 9.80 Å². The van der Waals surface area contributed by atoms with Crippen LogP contribution in [0.2, 0.25) is 0 Å². The molecule has 0 atom stereocenters. The number of nitrogens with zero attached hydrogens (tertiary/aromatic N) is 2. The van der Waals surface area contributed by atoms with Crippen molar-refractivity contribution in [2.45, 2.75) is 90.9 Å². The number of rotatable bonds is 6. The second kappa shape index (κ2) is 18.3. The Hall–Kier alpha value is -9.90. The molecule has 4 heteroatoms. The first-order chi connectivity index (χ1) is 42.4. The van der Waals surface area contributed by atoms with Crippen molar-refractivity contribution in [3.8, 4) is 22.3 Å². The number of hydrogen-bond acceptors (Lipinski definition) is 4. The molecule has 2 heterocycles. The van der Waals surface area contributed by atoms with Crippen molar-refractivity contribution >= 4 is 121 Å². The molecule has 2 aliphatic carbocycles. The van der Waals surface area contributed by atoms with Crippen LogP contribution in [0.25, 0.3) is 109 Å². The minimum atomic E-state index is -0.255. The van der Waals surface area contributed by atoms with E-state index in [1.54, 1.807) is 0 Å². The highest BCUT2D eigenvalue weighted by molar-refractivity contribution is 6.20. The third-order valence-electron chi connectivity index (χ3n) is 20.1. The SMILES string of the molecule is CC(C)(C)c1ccc(N(c2ccc3c(c2)C(C)(C)c2c-3c3ccccc3c3ccccc23)c2ccc3c(c2)oc2cc4c(cc23)oc2cc(N(c3ccc(C(C)(C)C)cc3)c3ccc5c(c3)C(C)(C)c3c-5c5ccccc5c5ccccc35)ccc24)cc1. The fourth-order valence-electron chi connectivity index (χ4n) is 15.6. The summed E-state index contributed by atoms with van der Waals surface area (Å²) in [4.78, 5) is 4.81. The van der Waals surface area contributed by atoms with Gasteiger partial charge in [0.15, 0.2) is 0 Å². The predicted molar refractivity (Wildman–Crippen MR) is 373 cm³/mol. The zero-order valence-corrected chi connectivity index (χ0v) is 51.7. The first-order valence-corrected chi connectivity index (χ1v) is 31.2. The Kier molecular flexibility index (Phi) is 10.9. The zero-order chi connectivity index (χ0) is 59.9. The van der Waals surface area contributed by atoms with E-state index < -0.39 is 0 Å². The first-order valence-electron chi connectivity index (χ1n) is 31.2. The molecule has 0 amide bonds. The molecule has 0 radical (unpaired) electrons. The molecule has 0 bridgehead atoms. The average molecular weight is 1140 g/mol. The number of benzene rings is 13. The Labute approximate surface area is 513 Å². The quantitative estimate of drug-likeness (QED) is 0.155. The molecule has 0 saturated carbocycles. The lowest BCUT2D eigenvalue weighted by Gasteiger charge is -2.29. The third kappa shape index (κ3) is 7.57. The Morgan fingerprint density at radius 3 is 0.932 bits per heavy atom. The summed E-state index contributed by atoms with van der Waals surface area (Å²) in [6, 6.07) is 86.1. The molecule has 0 aliphatic heterocycles. The van der Waals surface area contributed by atoms with Gasteiger partial charge in [0.25, 0.3) is 0 Å². The van der Waals surface area contributed by atoms with E-state index >= 15 is 0 Å². The van der Waals surface area contributed by atoms with Crippen LogP contribution in [0.1, 0.15) is 103 Å². The predicted octanol–water partition coefficient (Wildman–Crippen LogP) is 24.2. The smallest absolute Gasteiger partial charge is 0.137 e. The van der Waals surface area contributed by atoms with Gasteiger partial charge in [0.05, 0.1) is 0 Å². The van der Waals surface area contributed by atoms with Crippen LogP contribution in [-0.4, -0.2) is 0 Å². The maximum Gasteiger partial charge on any atom is 0.137 e. The van der Waals surface area contributed by atoms with Crippen LogP contribution < -0.4 is 9.80 Å². The van der Waals surface area contributed by atoms with E-state index in [2.05, 4.69) is 310 Å². The summed E-state index contributed by atoms with van der Waals surface area (Å²) < 4.78 is 14.0. The molecule has 13 aromatic carbocycles. The van der Waals surface area contributed by atoms with Gasteiger partial charge in [-0.05, 0) is 194 Å². The van der Waals surface area contributed by atoms with Gasteiger partial charge in [0.1, 0.15) is 22.3 Å². The fourth-order valence-corrected chi connectivity index (χ4v) is 15.6. The summed E-state index contributed by atoms with van der Waals surface area (Å²) in [5.41, 5.74) is 22.6. The fraction of sp³-hybridized carbons (Fsp3) is 0.167. The molecule has 2 aromatic heterocycles. The van der Waals surface area contributed by atoms with E-state index in [4.69, 9.17) is 8.83 Å². The van der Waals surface area contributed by atoms with Crippen LogP contribution in [-0.2, 0) is 21.7 Å². The standard InChI is InChI=1S/C84H68N2O2/c1-81(2,3)49-27-31-51(32-28-49)85(53-37-41-67-71(43-53)83(7,8)79-65-25-17-13-21-59(65)57-19-11-15-23-63(57)77(67)79)55-35-39-61-69-47-76-70(48-75(69)87-73(61)45-55)62-40-36-56(46-74(62)88-76)86(52-33-29-50(30-34-52)82(4,5)6)54-38-42-68-72(44-54)84(9,10)80-66-26-18-14-22-60(66)58-20-12-16-24-64(58)78(68)80/h11-48H,1-10H3. The summed E-state index contributed by atoms with van der Waals surface area (Å²) in [5, 5.41) is 14.6. The zero-order valence-electron chi connectivity index (χ0n) is 51.7. The lowest BCUT2D eigenvalue weighted by atomic mass is 9.79. The molecule has 17 rings (SSSR count). The molecule has 4 nitrogen and oxygen atoms in total. The van der Waals surface area contributed by atoms with Gasteiger partial charge in [-0.2, -0.15) is 0 Å². The molecule has 426 valence electrons. The van der Waals surface area contributed by atoms with E-state index in [1.807, 2.05) is 0 Å². The highest BCUT2D eigenvalue weighted by Gasteiger charge is 2.41. The van der Waals surface area contributed by atoms with Crippen molar-refractivity contribution in [2.24, 2.45) is 0 Å². The summed E-state index contributed by atoms with van der Waals surface area (Å²) >= 11 is 0. The molecule has 0 saturated heterocycles. The molecule has 0 N–H and O–H groups in total. The maximum atomic E-state index is 6.99. The van der Waals surface area contributed by atoms with Gasteiger partial charge >= 0.3 is 0 Å². The van der Waals surface area contributed by atoms with Crippen LogP contribution in [0, 0.1) is 0 Å². The van der Waals surface area contributed by atoms with E-state index in [1.165, 1.54) is 98.7 Å². The van der Waals surface area contributed by atoms with Gasteiger partial charge in [-0.25, -0.2) is 0 Å². The summed E-state index contributed by atoms with van der Waals surface area (Å²) in [5.74, 6) is 0. The third-order valence-corrected chi connectivity index (χ3v) is 20.1. The van der Waals surface area contributed by atoms with Crippen molar-refractivity contribution in [1.82, 2.24) is 0 Å². The molecule has 2 aliphatic rings. The molecular weight excluding hydrogens is 1070 g/mol. The molecule has 88 heavy (non-hydrogen) atoms. The van der Waals surface area contributed by atoms with Gasteiger partial charge in [-0.15, -0.1) is 0 Å². The number of fused-ring (bicyclic) bond motifs is 22. The monoisotopic (exact) mass is 1140 g/mol. The number of furan rings is 2. The first kappa shape index (κ1) is 52.4. The number of anilines is 6. The summed E-state index contributed by atoms with van der Waals surface area (Å²) in [6.07, 6.45) is 0. The van der Waals surface area contributed by atoms with Gasteiger partial charge in [-0.1, -0.05) is 203 Å². The second-order valence-electron chi connectivity index (χ2n) is 28.1. The van der Waals surface area contributed by atoms with Crippen molar-refractivity contribution in [3.63, 3.8) is 0 Å². The van der Waals surface area contributed by atoms with E-state index in [9.17, 15) is 0 Å². The van der Waals surface area contributed by atoms with Gasteiger partial charge in [0.2, 0.25) is 0 Å². The van der Waals surface area contributed by atoms with Gasteiger partial charge < -0.3 is 18.6 Å². The minimum absolute atomic E-state index is 0.0128. The number of hydrogen-bond donors (Lipinski definition) is 0. The van der Waals surface area contributed by atoms with E-state index in [0.29, 0.717) is 0 Å². The van der Waals surface area contributed by atoms with Gasteiger partial charge in [0, 0.05) is 78.6 Å². The molecule has 0 fully saturated rings. The average Bonchev–Trinajstić information content (AvgIpc) is 1.55. The van der Waals surface area contributed by atoms with Crippen LogP contribution in [0.15, 0.2) is 239 Å². The van der Waals surface area contributed by atoms with E-state index in [0.717, 1.165) is 78.0 Å². The van der Waals surface area contributed by atoms with Crippen molar-refractivity contribution < 1.29 is 8.83 Å². The Morgan fingerprint density at radius 1 is 0.273 bits per heavy atom. The van der Waals surface area contributed by atoms with E-state index in [-0.39, 0.29) is 21.7 Å². The van der Waals surface area contributed by atoms with Crippen LogP contribution in [0.5, 0.6) is 0 Å². The van der Waals surface area contributed by atoms with Gasteiger partial charge in [-0.3, -0.25) is 0 Å². The van der Waals surface area contributed by atoms with Crippen LogP contribution in [0.3, 0.4) is 0 Å². The van der Waals surface area contributed by atoms with Crippen LogP contribution in [0.4, 0.5) is 34.1 Å². The normalized spacial score (nSPS) is 14.2. The Bertz CT molecular complexity index is 5120. The lowest BCUT2D eigenvalue weighted by Crippen LogP contribution is -2.17. The molecule has 15 aromatic rings. The maximum absolute atomic E-state index is 6.99. The highest BCUT2D eigenvalue weighted by Crippen LogP contribution is 2.58. The van der Waals surface area contributed by atoms with Crippen molar-refractivity contribution in [1.29, 1.82) is 0 Å². The topological polar surface area (TPSA) is 32.8 Å². The molecule has 0 unspecified atom stereocenters. The molecule has 0 spiro atoms. The Balaban J connectivity index is 0.772. The highest BCUT2D eigenvalue weighted by atomic mass is 16.3. The summed E-state index contributed by atoms with van der Waals surface area (Å²) in [7, 11) is 0. The lowest BCUT2D eigenvalue weighted by molar-refractivity contribution is 0.590. The minimum Gasteiger partial charge on any atom is -0.456 e. The largest absolute Gasteiger partial charge is 0.456 e. The van der Waals surface area contributed by atoms with Crippen LogP contribution >= 0.6 is 0 Å².